The quantitative estimate of drug-likeness (QED) is 0.716. The van der Waals surface area contributed by atoms with Gasteiger partial charge in [0.05, 0.1) is 17.9 Å². The molecule has 4 rings (SSSR count). The lowest BCUT2D eigenvalue weighted by Gasteiger charge is -2.26. The number of aromatic amines is 1. The highest BCUT2D eigenvalue weighted by molar-refractivity contribution is 6.04. The number of imidazole rings is 1. The maximum Gasteiger partial charge on any atom is 0.276 e. The Labute approximate surface area is 168 Å². The normalized spacial score (nSPS) is 13.3. The van der Waals surface area contributed by atoms with Crippen LogP contribution in [-0.4, -0.2) is 43.0 Å². The van der Waals surface area contributed by atoms with Gasteiger partial charge in [0.25, 0.3) is 11.8 Å². The second-order valence-corrected chi connectivity index (χ2v) is 7.50. The number of anilines is 1. The second kappa shape index (κ2) is 7.20. The van der Waals surface area contributed by atoms with Crippen LogP contribution in [0.25, 0.3) is 0 Å². The van der Waals surface area contributed by atoms with Crippen molar-refractivity contribution in [1.29, 1.82) is 0 Å². The van der Waals surface area contributed by atoms with Gasteiger partial charge in [0.15, 0.2) is 5.69 Å². The van der Waals surface area contributed by atoms with E-state index in [-0.39, 0.29) is 11.8 Å². The lowest BCUT2D eigenvalue weighted by atomic mass is 10.1. The highest BCUT2D eigenvalue weighted by atomic mass is 16.2. The lowest BCUT2D eigenvalue weighted by Crippen LogP contribution is -2.36. The van der Waals surface area contributed by atoms with E-state index in [2.05, 4.69) is 20.4 Å². The zero-order valence-electron chi connectivity index (χ0n) is 17.0. The monoisotopic (exact) mass is 392 g/mol. The molecule has 0 bridgehead atoms. The summed E-state index contributed by atoms with van der Waals surface area (Å²) in [4.78, 5) is 35.1. The molecule has 2 N–H and O–H groups in total. The fraction of sp³-hybridized carbons (Fsp3) is 0.333. The van der Waals surface area contributed by atoms with Gasteiger partial charge in [-0.05, 0) is 44.5 Å². The molecule has 0 unspecified atom stereocenters. The average Bonchev–Trinajstić information content (AvgIpc) is 3.23. The standard InChI is InChI=1S/C21H24N6O2/c1-12-5-6-15(10-17(12)24-20(28)18-9-13(2)26(4)25-18)21(29)27-8-7-16-19(11-27)23-14(3)22-16/h5-6,9-10H,7-8,11H2,1-4H3,(H,22,23)(H,24,28). The highest BCUT2D eigenvalue weighted by Gasteiger charge is 2.24. The van der Waals surface area contributed by atoms with Gasteiger partial charge >= 0.3 is 0 Å². The smallest absolute Gasteiger partial charge is 0.276 e. The number of carbonyl (C=O) groups is 2. The van der Waals surface area contributed by atoms with E-state index in [1.54, 1.807) is 34.8 Å². The van der Waals surface area contributed by atoms with Crippen molar-refractivity contribution in [2.75, 3.05) is 11.9 Å². The Kier molecular flexibility index (Phi) is 4.70. The van der Waals surface area contributed by atoms with Crippen molar-refractivity contribution in [2.45, 2.75) is 33.7 Å². The van der Waals surface area contributed by atoms with Crippen molar-refractivity contribution >= 4 is 17.5 Å². The Hall–Kier alpha value is -3.42. The molecule has 150 valence electrons. The number of hydrogen-bond donors (Lipinski definition) is 2. The minimum Gasteiger partial charge on any atom is -0.344 e. The van der Waals surface area contributed by atoms with E-state index in [0.29, 0.717) is 30.0 Å². The molecular weight excluding hydrogens is 368 g/mol. The Morgan fingerprint density at radius 3 is 2.69 bits per heavy atom. The summed E-state index contributed by atoms with van der Waals surface area (Å²) in [5.74, 6) is 0.512. The fourth-order valence-electron chi connectivity index (χ4n) is 3.54. The minimum atomic E-state index is -0.294. The molecule has 1 aliphatic heterocycles. The van der Waals surface area contributed by atoms with E-state index in [9.17, 15) is 9.59 Å². The van der Waals surface area contributed by atoms with E-state index in [1.807, 2.05) is 26.8 Å². The Morgan fingerprint density at radius 1 is 1.17 bits per heavy atom. The van der Waals surface area contributed by atoms with Crippen molar-refractivity contribution in [3.05, 3.63) is 64.0 Å². The van der Waals surface area contributed by atoms with Crippen molar-refractivity contribution < 1.29 is 9.59 Å². The summed E-state index contributed by atoms with van der Waals surface area (Å²) in [5.41, 5.74) is 5.31. The first-order valence-electron chi connectivity index (χ1n) is 9.58. The predicted molar refractivity (Wildman–Crippen MR) is 109 cm³/mol. The number of fused-ring (bicyclic) bond motifs is 1. The minimum absolute atomic E-state index is 0.0629. The number of benzene rings is 1. The van der Waals surface area contributed by atoms with Crippen LogP contribution < -0.4 is 5.32 Å². The summed E-state index contributed by atoms with van der Waals surface area (Å²) in [5, 5.41) is 7.09. The van der Waals surface area contributed by atoms with Gasteiger partial charge in [-0.15, -0.1) is 0 Å². The summed E-state index contributed by atoms with van der Waals surface area (Å²) in [6.07, 6.45) is 0.736. The molecule has 1 aliphatic rings. The molecule has 0 saturated carbocycles. The molecule has 0 radical (unpaired) electrons. The maximum absolute atomic E-state index is 13.0. The third-order valence-corrected chi connectivity index (χ3v) is 5.32. The second-order valence-electron chi connectivity index (χ2n) is 7.50. The van der Waals surface area contributed by atoms with Crippen molar-refractivity contribution in [1.82, 2.24) is 24.6 Å². The first-order valence-corrected chi connectivity index (χ1v) is 9.58. The lowest BCUT2D eigenvalue weighted by molar-refractivity contribution is 0.0731. The van der Waals surface area contributed by atoms with Gasteiger partial charge in [-0.2, -0.15) is 5.10 Å². The number of nitrogens with one attached hydrogen (secondary N) is 2. The van der Waals surface area contributed by atoms with Gasteiger partial charge in [0.1, 0.15) is 5.82 Å². The molecule has 29 heavy (non-hydrogen) atoms. The molecular formula is C21H24N6O2. The highest BCUT2D eigenvalue weighted by Crippen LogP contribution is 2.22. The van der Waals surface area contributed by atoms with Gasteiger partial charge < -0.3 is 15.2 Å². The van der Waals surface area contributed by atoms with Gasteiger partial charge in [-0.3, -0.25) is 14.3 Å². The molecule has 8 nitrogen and oxygen atoms in total. The van der Waals surface area contributed by atoms with Crippen LogP contribution >= 0.6 is 0 Å². The zero-order valence-corrected chi connectivity index (χ0v) is 17.0. The maximum atomic E-state index is 13.0. The zero-order chi connectivity index (χ0) is 20.7. The van der Waals surface area contributed by atoms with Crippen molar-refractivity contribution in [3.8, 4) is 0 Å². The Bertz CT molecular complexity index is 1090. The van der Waals surface area contributed by atoms with E-state index in [4.69, 9.17) is 0 Å². The number of rotatable bonds is 3. The molecule has 0 fully saturated rings. The van der Waals surface area contributed by atoms with Crippen LogP contribution in [0.3, 0.4) is 0 Å². The predicted octanol–water partition coefficient (Wildman–Crippen LogP) is 2.52. The number of H-pyrrole nitrogens is 1. The van der Waals surface area contributed by atoms with Gasteiger partial charge in [0.2, 0.25) is 0 Å². The molecule has 3 aromatic rings. The SMILES string of the molecule is Cc1nc2c([nH]1)CN(C(=O)c1ccc(C)c(NC(=O)c3cc(C)n(C)n3)c1)CC2. The number of aromatic nitrogens is 4. The van der Waals surface area contributed by atoms with Crippen molar-refractivity contribution in [2.24, 2.45) is 7.05 Å². The molecule has 0 saturated heterocycles. The number of hydrogen-bond acceptors (Lipinski definition) is 4. The van der Waals surface area contributed by atoms with Crippen LogP contribution in [0.1, 0.15) is 49.3 Å². The fourth-order valence-corrected chi connectivity index (χ4v) is 3.54. The van der Waals surface area contributed by atoms with Crippen LogP contribution in [0.15, 0.2) is 24.3 Å². The van der Waals surface area contributed by atoms with E-state index < -0.39 is 0 Å². The van der Waals surface area contributed by atoms with Crippen LogP contribution in [0.4, 0.5) is 5.69 Å². The van der Waals surface area contributed by atoms with E-state index in [0.717, 1.165) is 34.9 Å². The molecule has 3 heterocycles. The van der Waals surface area contributed by atoms with Crippen LogP contribution in [0.5, 0.6) is 0 Å². The topological polar surface area (TPSA) is 95.9 Å². The molecule has 1 aromatic carbocycles. The van der Waals surface area contributed by atoms with E-state index >= 15 is 0 Å². The average molecular weight is 392 g/mol. The summed E-state index contributed by atoms with van der Waals surface area (Å²) in [7, 11) is 1.79. The molecule has 2 amide bonds. The summed E-state index contributed by atoms with van der Waals surface area (Å²) >= 11 is 0. The largest absolute Gasteiger partial charge is 0.344 e. The molecule has 0 atom stereocenters. The third kappa shape index (κ3) is 3.65. The molecule has 0 aliphatic carbocycles. The molecule has 2 aromatic heterocycles. The first kappa shape index (κ1) is 18.9. The Morgan fingerprint density at radius 2 is 1.97 bits per heavy atom. The number of carbonyl (C=O) groups excluding carboxylic acids is 2. The number of aryl methyl sites for hydroxylation is 4. The van der Waals surface area contributed by atoms with E-state index in [1.165, 1.54) is 0 Å². The summed E-state index contributed by atoms with van der Waals surface area (Å²) in [6, 6.07) is 7.12. The van der Waals surface area contributed by atoms with Gasteiger partial charge in [0, 0.05) is 37.0 Å². The molecule has 0 spiro atoms. The summed E-state index contributed by atoms with van der Waals surface area (Å²) in [6.45, 7) is 6.84. The third-order valence-electron chi connectivity index (χ3n) is 5.32. The Balaban J connectivity index is 1.53. The molecule has 8 heteroatoms. The first-order chi connectivity index (χ1) is 13.8. The number of nitrogens with zero attached hydrogens (tertiary/aromatic N) is 4. The van der Waals surface area contributed by atoms with Crippen LogP contribution in [0.2, 0.25) is 0 Å². The summed E-state index contributed by atoms with van der Waals surface area (Å²) < 4.78 is 1.66. The van der Waals surface area contributed by atoms with Gasteiger partial charge in [-0.25, -0.2) is 4.98 Å². The van der Waals surface area contributed by atoms with Crippen LogP contribution in [-0.2, 0) is 20.0 Å². The van der Waals surface area contributed by atoms with Crippen LogP contribution in [0, 0.1) is 20.8 Å². The van der Waals surface area contributed by atoms with Crippen molar-refractivity contribution in [3.63, 3.8) is 0 Å². The van der Waals surface area contributed by atoms with Gasteiger partial charge in [-0.1, -0.05) is 6.07 Å². The number of amides is 2.